The third kappa shape index (κ3) is 5.22. The first-order valence-electron chi connectivity index (χ1n) is 8.70. The summed E-state index contributed by atoms with van der Waals surface area (Å²) < 4.78 is 0. The lowest BCUT2D eigenvalue weighted by Crippen LogP contribution is -2.18. The molecule has 0 aliphatic heterocycles. The molecule has 0 aromatic heterocycles. The van der Waals surface area contributed by atoms with Crippen LogP contribution in [-0.4, -0.2) is 18.0 Å². The van der Waals surface area contributed by atoms with Gasteiger partial charge in [0.25, 0.3) is 11.8 Å². The molecule has 3 aromatic carbocycles. The first kappa shape index (κ1) is 20.6. The highest BCUT2D eigenvalue weighted by atomic mass is 35.5. The van der Waals surface area contributed by atoms with E-state index >= 15 is 0 Å². The fourth-order valence-electron chi connectivity index (χ4n) is 2.59. The Morgan fingerprint density at radius 2 is 1.52 bits per heavy atom. The molecule has 0 fully saturated rings. The molecule has 0 saturated heterocycles. The van der Waals surface area contributed by atoms with Crippen molar-refractivity contribution < 1.29 is 9.59 Å². The van der Waals surface area contributed by atoms with E-state index in [1.165, 1.54) is 6.21 Å². The van der Waals surface area contributed by atoms with Crippen LogP contribution in [0.15, 0.2) is 71.8 Å². The lowest BCUT2D eigenvalue weighted by molar-refractivity contribution is 0.0954. The van der Waals surface area contributed by atoms with Crippen LogP contribution in [0.3, 0.4) is 0 Å². The van der Waals surface area contributed by atoms with Crippen molar-refractivity contribution >= 4 is 46.9 Å². The van der Waals surface area contributed by atoms with E-state index in [-0.39, 0.29) is 5.91 Å². The lowest BCUT2D eigenvalue weighted by Gasteiger charge is -2.08. The number of carbonyl (C=O) groups is 2. The highest BCUT2D eigenvalue weighted by Gasteiger charge is 2.10. The molecule has 2 N–H and O–H groups in total. The van der Waals surface area contributed by atoms with E-state index in [0.29, 0.717) is 32.4 Å². The van der Waals surface area contributed by atoms with Gasteiger partial charge in [-0.15, -0.1) is 0 Å². The van der Waals surface area contributed by atoms with Crippen molar-refractivity contribution in [3.63, 3.8) is 0 Å². The van der Waals surface area contributed by atoms with Crippen molar-refractivity contribution in [3.8, 4) is 0 Å². The van der Waals surface area contributed by atoms with Crippen molar-refractivity contribution in [1.82, 2.24) is 5.43 Å². The molecule has 0 heterocycles. The summed E-state index contributed by atoms with van der Waals surface area (Å²) >= 11 is 12.1. The maximum absolute atomic E-state index is 12.4. The highest BCUT2D eigenvalue weighted by Crippen LogP contribution is 2.22. The predicted octanol–water partition coefficient (Wildman–Crippen LogP) is 5.32. The lowest BCUT2D eigenvalue weighted by atomic mass is 10.1. The minimum atomic E-state index is -0.402. The average molecular weight is 426 g/mol. The van der Waals surface area contributed by atoms with E-state index in [0.717, 1.165) is 5.56 Å². The van der Waals surface area contributed by atoms with Gasteiger partial charge in [0.05, 0.1) is 16.3 Å². The van der Waals surface area contributed by atoms with Gasteiger partial charge in [0.2, 0.25) is 0 Å². The number of nitrogens with zero attached hydrogens (tertiary/aromatic N) is 1. The number of anilines is 1. The first-order valence-corrected chi connectivity index (χ1v) is 9.46. The van der Waals surface area contributed by atoms with E-state index in [2.05, 4.69) is 15.8 Å². The summed E-state index contributed by atoms with van der Waals surface area (Å²) in [5, 5.41) is 7.58. The molecule has 0 unspecified atom stereocenters. The van der Waals surface area contributed by atoms with Gasteiger partial charge in [0.15, 0.2) is 0 Å². The number of aryl methyl sites for hydroxylation is 1. The van der Waals surface area contributed by atoms with Crippen molar-refractivity contribution in [3.05, 3.63) is 99.0 Å². The van der Waals surface area contributed by atoms with Gasteiger partial charge in [-0.05, 0) is 55.0 Å². The summed E-state index contributed by atoms with van der Waals surface area (Å²) in [4.78, 5) is 24.6. The number of amides is 2. The minimum Gasteiger partial charge on any atom is -0.322 e. The van der Waals surface area contributed by atoms with E-state index in [1.54, 1.807) is 48.5 Å². The largest absolute Gasteiger partial charge is 0.322 e. The molecule has 29 heavy (non-hydrogen) atoms. The number of hydrogen-bond acceptors (Lipinski definition) is 3. The number of nitrogens with one attached hydrogen (secondary N) is 2. The molecule has 7 heteroatoms. The van der Waals surface area contributed by atoms with Gasteiger partial charge in [-0.3, -0.25) is 9.59 Å². The second kappa shape index (κ2) is 9.37. The van der Waals surface area contributed by atoms with Gasteiger partial charge in [0, 0.05) is 22.4 Å². The molecule has 0 aliphatic rings. The van der Waals surface area contributed by atoms with E-state index in [4.69, 9.17) is 23.2 Å². The molecule has 0 atom stereocenters. The maximum atomic E-state index is 12.4. The molecule has 0 saturated carbocycles. The van der Waals surface area contributed by atoms with Crippen LogP contribution in [-0.2, 0) is 0 Å². The molecule has 146 valence electrons. The zero-order valence-corrected chi connectivity index (χ0v) is 17.0. The summed E-state index contributed by atoms with van der Waals surface area (Å²) in [6.45, 7) is 1.87. The van der Waals surface area contributed by atoms with Crippen molar-refractivity contribution in [2.75, 3.05) is 5.32 Å². The Labute approximate surface area is 178 Å². The van der Waals surface area contributed by atoms with E-state index < -0.39 is 5.91 Å². The Bertz CT molecular complexity index is 1060. The van der Waals surface area contributed by atoms with Gasteiger partial charge >= 0.3 is 0 Å². The van der Waals surface area contributed by atoms with Gasteiger partial charge < -0.3 is 5.32 Å². The quantitative estimate of drug-likeness (QED) is 0.428. The Hall–Kier alpha value is -3.15. The number of hydrogen-bond donors (Lipinski definition) is 2. The van der Waals surface area contributed by atoms with Crippen molar-refractivity contribution in [2.45, 2.75) is 6.92 Å². The number of carbonyl (C=O) groups excluding carboxylic acids is 2. The summed E-state index contributed by atoms with van der Waals surface area (Å²) in [5.74, 6) is -0.609. The fourth-order valence-corrected chi connectivity index (χ4v) is 3.08. The van der Waals surface area contributed by atoms with Crippen molar-refractivity contribution in [2.24, 2.45) is 5.10 Å². The summed E-state index contributed by atoms with van der Waals surface area (Å²) in [5.41, 5.74) is 5.40. The van der Waals surface area contributed by atoms with Gasteiger partial charge in [-0.25, -0.2) is 5.43 Å². The van der Waals surface area contributed by atoms with Crippen LogP contribution in [0.1, 0.15) is 31.8 Å². The average Bonchev–Trinajstić information content (AvgIpc) is 2.71. The summed E-state index contributed by atoms with van der Waals surface area (Å²) in [7, 11) is 0. The number of rotatable bonds is 5. The normalized spacial score (nSPS) is 10.7. The monoisotopic (exact) mass is 425 g/mol. The van der Waals surface area contributed by atoms with Crippen LogP contribution in [0.2, 0.25) is 10.0 Å². The van der Waals surface area contributed by atoms with Crippen LogP contribution in [0, 0.1) is 6.92 Å². The predicted molar refractivity (Wildman–Crippen MR) is 117 cm³/mol. The Morgan fingerprint density at radius 3 is 2.17 bits per heavy atom. The maximum Gasteiger partial charge on any atom is 0.271 e. The Balaban J connectivity index is 1.62. The molecule has 0 radical (unpaired) electrons. The van der Waals surface area contributed by atoms with E-state index in [1.807, 2.05) is 25.1 Å². The molecule has 2 amide bonds. The summed E-state index contributed by atoms with van der Waals surface area (Å²) in [6.07, 6.45) is 1.39. The number of benzene rings is 3. The molecule has 5 nitrogen and oxygen atoms in total. The second-order valence-electron chi connectivity index (χ2n) is 6.18. The van der Waals surface area contributed by atoms with Crippen LogP contribution >= 0.6 is 23.2 Å². The Kier molecular flexibility index (Phi) is 6.65. The zero-order chi connectivity index (χ0) is 20.8. The topological polar surface area (TPSA) is 70.6 Å². The van der Waals surface area contributed by atoms with Gasteiger partial charge in [0.1, 0.15) is 0 Å². The molecule has 0 bridgehead atoms. The Morgan fingerprint density at radius 1 is 0.862 bits per heavy atom. The van der Waals surface area contributed by atoms with Crippen molar-refractivity contribution in [1.29, 1.82) is 0 Å². The summed E-state index contributed by atoms with van der Waals surface area (Å²) in [6, 6.07) is 18.9. The van der Waals surface area contributed by atoms with Gasteiger partial charge in [-0.1, -0.05) is 47.5 Å². The van der Waals surface area contributed by atoms with Crippen LogP contribution in [0.5, 0.6) is 0 Å². The third-order valence-electron chi connectivity index (χ3n) is 4.15. The molecule has 0 aliphatic carbocycles. The minimum absolute atomic E-state index is 0.207. The third-order valence-corrected chi connectivity index (χ3v) is 4.81. The number of hydrazone groups is 1. The first-order chi connectivity index (χ1) is 14.0. The molecule has 3 aromatic rings. The molecular formula is C22H17Cl2N3O2. The number of halogens is 2. The standard InChI is InChI=1S/C22H17Cl2N3O2/c1-14-5-2-3-6-17(14)22(29)26-16-11-9-15(10-12-16)21(28)27-25-13-18-19(23)7-4-8-20(18)24/h2-13H,1H3,(H,26,29)(H,27,28). The fraction of sp³-hybridized carbons (Fsp3) is 0.0455. The molecule has 3 rings (SSSR count). The molecular weight excluding hydrogens is 409 g/mol. The van der Waals surface area contributed by atoms with Crippen LogP contribution < -0.4 is 10.7 Å². The van der Waals surface area contributed by atoms with Crippen LogP contribution in [0.25, 0.3) is 0 Å². The highest BCUT2D eigenvalue weighted by molar-refractivity contribution is 6.38. The molecule has 0 spiro atoms. The SMILES string of the molecule is Cc1ccccc1C(=O)Nc1ccc(C(=O)NN=Cc2c(Cl)cccc2Cl)cc1. The van der Waals surface area contributed by atoms with E-state index in [9.17, 15) is 9.59 Å². The van der Waals surface area contributed by atoms with Crippen LogP contribution in [0.4, 0.5) is 5.69 Å². The van der Waals surface area contributed by atoms with Gasteiger partial charge in [-0.2, -0.15) is 5.10 Å². The second-order valence-corrected chi connectivity index (χ2v) is 7.00. The zero-order valence-electron chi connectivity index (χ0n) is 15.4. The smallest absolute Gasteiger partial charge is 0.271 e.